The van der Waals surface area contributed by atoms with Crippen LogP contribution in [0.3, 0.4) is 0 Å². The first kappa shape index (κ1) is 20.6. The zero-order chi connectivity index (χ0) is 20.4. The van der Waals surface area contributed by atoms with Gasteiger partial charge in [0.05, 0.1) is 10.3 Å². The molecule has 0 aliphatic carbocycles. The third kappa shape index (κ3) is 4.13. The molecule has 1 aliphatic heterocycles. The fourth-order valence-electron chi connectivity index (χ4n) is 3.77. The van der Waals surface area contributed by atoms with Gasteiger partial charge in [0.15, 0.2) is 0 Å². The van der Waals surface area contributed by atoms with Crippen molar-refractivity contribution < 1.29 is 13.2 Å². The Balaban J connectivity index is 1.75. The molecule has 1 fully saturated rings. The van der Waals surface area contributed by atoms with Crippen molar-refractivity contribution in [3.8, 4) is 0 Å². The maximum atomic E-state index is 13.1. The van der Waals surface area contributed by atoms with Crippen molar-refractivity contribution in [1.82, 2.24) is 9.62 Å². The summed E-state index contributed by atoms with van der Waals surface area (Å²) in [6, 6.07) is 14.9. The molecule has 0 saturated carbocycles. The monoisotopic (exact) mass is 400 g/mol. The van der Waals surface area contributed by atoms with Gasteiger partial charge >= 0.3 is 0 Å². The average Bonchev–Trinajstić information content (AvgIpc) is 2.67. The third-order valence-electron chi connectivity index (χ3n) is 5.62. The van der Waals surface area contributed by atoms with E-state index >= 15 is 0 Å². The summed E-state index contributed by atoms with van der Waals surface area (Å²) in [5.74, 6) is -0.0968. The summed E-state index contributed by atoms with van der Waals surface area (Å²) in [6.45, 7) is 6.76. The van der Waals surface area contributed by atoms with Gasteiger partial charge in [0.2, 0.25) is 15.9 Å². The second-order valence-corrected chi connectivity index (χ2v) is 9.78. The Morgan fingerprint density at radius 3 is 2.39 bits per heavy atom. The highest BCUT2D eigenvalue weighted by Gasteiger charge is 2.42. The van der Waals surface area contributed by atoms with Gasteiger partial charge in [-0.25, -0.2) is 8.42 Å². The Morgan fingerprint density at radius 1 is 1.07 bits per heavy atom. The second kappa shape index (κ2) is 8.05. The van der Waals surface area contributed by atoms with Gasteiger partial charge in [0.25, 0.3) is 0 Å². The molecule has 0 spiro atoms. The number of benzene rings is 2. The predicted octanol–water partition coefficient (Wildman–Crippen LogP) is 3.41. The van der Waals surface area contributed by atoms with Crippen molar-refractivity contribution in [1.29, 1.82) is 0 Å². The van der Waals surface area contributed by atoms with Crippen LogP contribution >= 0.6 is 0 Å². The summed E-state index contributed by atoms with van der Waals surface area (Å²) in [7, 11) is -3.62. The molecule has 0 unspecified atom stereocenters. The van der Waals surface area contributed by atoms with Crippen LogP contribution in [0, 0.1) is 19.3 Å². The van der Waals surface area contributed by atoms with E-state index in [0.29, 0.717) is 30.8 Å². The van der Waals surface area contributed by atoms with Gasteiger partial charge in [-0.05, 0) is 56.4 Å². The smallest absolute Gasteiger partial charge is 0.243 e. The Bertz CT molecular complexity index is 971. The van der Waals surface area contributed by atoms with Crippen LogP contribution < -0.4 is 5.32 Å². The van der Waals surface area contributed by atoms with E-state index in [2.05, 4.69) is 5.32 Å². The van der Waals surface area contributed by atoms with E-state index in [-0.39, 0.29) is 12.5 Å². The van der Waals surface area contributed by atoms with E-state index in [1.54, 1.807) is 25.1 Å². The van der Waals surface area contributed by atoms with E-state index in [9.17, 15) is 13.2 Å². The molecule has 1 saturated heterocycles. The molecule has 1 N–H and O–H groups in total. The normalized spacial score (nSPS) is 20.7. The fourth-order valence-corrected chi connectivity index (χ4v) is 5.59. The van der Waals surface area contributed by atoms with E-state index in [0.717, 1.165) is 16.7 Å². The zero-order valence-electron chi connectivity index (χ0n) is 16.7. The van der Waals surface area contributed by atoms with Crippen molar-refractivity contribution in [3.63, 3.8) is 0 Å². The topological polar surface area (TPSA) is 66.5 Å². The molecule has 2 aromatic rings. The Hall–Kier alpha value is -2.18. The number of rotatable bonds is 5. The van der Waals surface area contributed by atoms with Gasteiger partial charge in [-0.1, -0.05) is 42.5 Å². The fraction of sp³-hybridized carbons (Fsp3) is 0.409. The number of carbonyl (C=O) groups is 1. The van der Waals surface area contributed by atoms with Gasteiger partial charge in [0.1, 0.15) is 0 Å². The minimum Gasteiger partial charge on any atom is -0.352 e. The number of nitrogens with zero attached hydrogens (tertiary/aromatic N) is 1. The summed E-state index contributed by atoms with van der Waals surface area (Å²) in [4.78, 5) is 13.3. The number of piperidine rings is 1. The lowest BCUT2D eigenvalue weighted by atomic mass is 9.82. The molecular weight excluding hydrogens is 372 g/mol. The van der Waals surface area contributed by atoms with Gasteiger partial charge < -0.3 is 5.32 Å². The molecule has 1 amide bonds. The number of sulfonamides is 1. The van der Waals surface area contributed by atoms with Crippen molar-refractivity contribution in [2.75, 3.05) is 13.1 Å². The first-order valence-corrected chi connectivity index (χ1v) is 11.1. The summed E-state index contributed by atoms with van der Waals surface area (Å²) in [5, 5.41) is 3.01. The molecule has 5 nitrogen and oxygen atoms in total. The SMILES string of the molecule is Cc1ccccc1CNC(=O)[C@]1(C)CCCN(S(=O)(=O)c2ccccc2C)C1. The minimum absolute atomic E-state index is 0.0968. The number of hydrogen-bond donors (Lipinski definition) is 1. The van der Waals surface area contributed by atoms with Crippen molar-refractivity contribution >= 4 is 15.9 Å². The van der Waals surface area contributed by atoms with Gasteiger partial charge in [-0.3, -0.25) is 4.79 Å². The molecule has 6 heteroatoms. The summed E-state index contributed by atoms with van der Waals surface area (Å²) < 4.78 is 27.7. The van der Waals surface area contributed by atoms with Crippen LogP contribution in [0.5, 0.6) is 0 Å². The number of hydrogen-bond acceptors (Lipinski definition) is 3. The molecule has 0 bridgehead atoms. The number of nitrogens with one attached hydrogen (secondary N) is 1. The first-order chi connectivity index (χ1) is 13.2. The molecule has 2 aromatic carbocycles. The average molecular weight is 401 g/mol. The predicted molar refractivity (Wildman–Crippen MR) is 110 cm³/mol. The van der Waals surface area contributed by atoms with Crippen molar-refractivity contribution in [2.24, 2.45) is 5.41 Å². The quantitative estimate of drug-likeness (QED) is 0.836. The molecule has 1 heterocycles. The van der Waals surface area contributed by atoms with Crippen LogP contribution in [0.25, 0.3) is 0 Å². The molecule has 28 heavy (non-hydrogen) atoms. The molecule has 1 aliphatic rings. The van der Waals surface area contributed by atoms with Gasteiger partial charge in [0, 0.05) is 19.6 Å². The highest BCUT2D eigenvalue weighted by molar-refractivity contribution is 7.89. The summed E-state index contributed by atoms with van der Waals surface area (Å²) >= 11 is 0. The second-order valence-electron chi connectivity index (χ2n) is 7.88. The zero-order valence-corrected chi connectivity index (χ0v) is 17.6. The number of carbonyl (C=O) groups excluding carboxylic acids is 1. The molecule has 1 atom stereocenters. The van der Waals surface area contributed by atoms with Crippen LogP contribution in [0.15, 0.2) is 53.4 Å². The van der Waals surface area contributed by atoms with Crippen LogP contribution in [-0.4, -0.2) is 31.7 Å². The highest BCUT2D eigenvalue weighted by atomic mass is 32.2. The van der Waals surface area contributed by atoms with E-state index in [1.165, 1.54) is 4.31 Å². The van der Waals surface area contributed by atoms with Crippen LogP contribution in [0.2, 0.25) is 0 Å². The Morgan fingerprint density at radius 2 is 1.71 bits per heavy atom. The maximum Gasteiger partial charge on any atom is 0.243 e. The summed E-state index contributed by atoms with van der Waals surface area (Å²) in [5.41, 5.74) is 2.18. The molecule has 150 valence electrons. The standard InChI is InChI=1S/C22H28N2O3S/c1-17-9-4-6-11-19(17)15-23-21(25)22(3)13-8-14-24(16-22)28(26,27)20-12-7-5-10-18(20)2/h4-7,9-12H,8,13-16H2,1-3H3,(H,23,25)/t22-/m1/s1. The molecule has 0 radical (unpaired) electrons. The molecule has 3 rings (SSSR count). The lowest BCUT2D eigenvalue weighted by molar-refractivity contribution is -0.132. The van der Waals surface area contributed by atoms with Crippen LogP contribution in [0.1, 0.15) is 36.5 Å². The first-order valence-electron chi connectivity index (χ1n) is 9.63. The third-order valence-corrected chi connectivity index (χ3v) is 7.63. The Labute approximate surface area is 167 Å². The lowest BCUT2D eigenvalue weighted by Gasteiger charge is -2.38. The molecular formula is C22H28N2O3S. The van der Waals surface area contributed by atoms with Gasteiger partial charge in [-0.2, -0.15) is 4.31 Å². The highest BCUT2D eigenvalue weighted by Crippen LogP contribution is 2.33. The van der Waals surface area contributed by atoms with Crippen LogP contribution in [-0.2, 0) is 21.4 Å². The minimum atomic E-state index is -3.62. The number of amides is 1. The van der Waals surface area contributed by atoms with E-state index in [1.807, 2.05) is 44.2 Å². The van der Waals surface area contributed by atoms with E-state index < -0.39 is 15.4 Å². The summed E-state index contributed by atoms with van der Waals surface area (Å²) in [6.07, 6.45) is 1.34. The van der Waals surface area contributed by atoms with Crippen molar-refractivity contribution in [3.05, 3.63) is 65.2 Å². The van der Waals surface area contributed by atoms with Crippen molar-refractivity contribution in [2.45, 2.75) is 45.1 Å². The maximum absolute atomic E-state index is 13.1. The largest absolute Gasteiger partial charge is 0.352 e. The van der Waals surface area contributed by atoms with E-state index in [4.69, 9.17) is 0 Å². The Kier molecular flexibility index (Phi) is 5.91. The molecule has 0 aromatic heterocycles. The lowest BCUT2D eigenvalue weighted by Crippen LogP contribution is -2.51. The number of aryl methyl sites for hydroxylation is 2. The van der Waals surface area contributed by atoms with Crippen LogP contribution in [0.4, 0.5) is 0 Å². The van der Waals surface area contributed by atoms with Gasteiger partial charge in [-0.15, -0.1) is 0 Å².